The fraction of sp³-hybridized carbons (Fsp3) is 0.857. The van der Waals surface area contributed by atoms with Gasteiger partial charge in [0.25, 0.3) is 0 Å². The van der Waals surface area contributed by atoms with Gasteiger partial charge >= 0.3 is 0 Å². The molecule has 0 unspecified atom stereocenters. The Morgan fingerprint density at radius 2 is 2.30 bits per heavy atom. The van der Waals surface area contributed by atoms with Crippen LogP contribution in [0.4, 0.5) is 0 Å². The van der Waals surface area contributed by atoms with Crippen molar-refractivity contribution in [1.82, 2.24) is 5.32 Å². The minimum absolute atomic E-state index is 0.00722. The maximum atomic E-state index is 10.5. The first-order valence-corrected chi connectivity index (χ1v) is 3.51. The van der Waals surface area contributed by atoms with E-state index in [1.807, 2.05) is 13.8 Å². The van der Waals surface area contributed by atoms with Crippen molar-refractivity contribution in [1.29, 1.82) is 0 Å². The van der Waals surface area contributed by atoms with Crippen LogP contribution in [0.1, 0.15) is 20.8 Å². The second-order valence-corrected chi connectivity index (χ2v) is 2.26. The fourth-order valence-corrected chi connectivity index (χ4v) is 0.683. The number of rotatable bonds is 4. The van der Waals surface area contributed by atoms with Gasteiger partial charge in [0, 0.05) is 19.6 Å². The Balaban J connectivity index is 3.25. The van der Waals surface area contributed by atoms with E-state index < -0.39 is 0 Å². The molecule has 0 fully saturated rings. The van der Waals surface area contributed by atoms with Crippen LogP contribution >= 0.6 is 0 Å². The summed E-state index contributed by atoms with van der Waals surface area (Å²) in [6.07, 6.45) is 0. The number of carbonyl (C=O) groups excluding carboxylic acids is 1. The van der Waals surface area contributed by atoms with Gasteiger partial charge in [-0.15, -0.1) is 0 Å². The van der Waals surface area contributed by atoms with Gasteiger partial charge in [-0.3, -0.25) is 4.79 Å². The lowest BCUT2D eigenvalue weighted by molar-refractivity contribution is -0.119. The molecule has 0 aromatic heterocycles. The summed E-state index contributed by atoms with van der Waals surface area (Å²) in [5, 5.41) is 2.71. The predicted molar refractivity (Wildman–Crippen MR) is 39.8 cm³/mol. The molecular weight excluding hydrogens is 130 g/mol. The van der Waals surface area contributed by atoms with Crippen LogP contribution in [-0.2, 0) is 9.53 Å². The van der Waals surface area contributed by atoms with Crippen molar-refractivity contribution in [3.05, 3.63) is 0 Å². The molecule has 0 radical (unpaired) electrons. The van der Waals surface area contributed by atoms with Crippen molar-refractivity contribution in [2.24, 2.45) is 0 Å². The number of nitrogens with one attached hydrogen (secondary N) is 1. The zero-order valence-electron chi connectivity index (χ0n) is 6.81. The van der Waals surface area contributed by atoms with E-state index in [0.29, 0.717) is 13.2 Å². The van der Waals surface area contributed by atoms with E-state index in [-0.39, 0.29) is 11.9 Å². The Morgan fingerprint density at radius 3 is 2.70 bits per heavy atom. The van der Waals surface area contributed by atoms with E-state index in [0.717, 1.165) is 0 Å². The summed E-state index contributed by atoms with van der Waals surface area (Å²) >= 11 is 0. The smallest absolute Gasteiger partial charge is 0.217 e. The van der Waals surface area contributed by atoms with Crippen LogP contribution in [0, 0.1) is 0 Å². The largest absolute Gasteiger partial charge is 0.380 e. The Hall–Kier alpha value is -0.570. The molecule has 0 rings (SSSR count). The second-order valence-electron chi connectivity index (χ2n) is 2.26. The summed E-state index contributed by atoms with van der Waals surface area (Å²) in [5.74, 6) is -0.00722. The normalized spacial score (nSPS) is 12.7. The summed E-state index contributed by atoms with van der Waals surface area (Å²) in [6, 6.07) is 0.123. The van der Waals surface area contributed by atoms with E-state index in [9.17, 15) is 4.79 Å². The van der Waals surface area contributed by atoms with Crippen LogP contribution in [0.3, 0.4) is 0 Å². The van der Waals surface area contributed by atoms with Crippen LogP contribution < -0.4 is 5.32 Å². The van der Waals surface area contributed by atoms with Crippen molar-refractivity contribution in [3.63, 3.8) is 0 Å². The first-order chi connectivity index (χ1) is 4.66. The average Bonchev–Trinajstić information content (AvgIpc) is 1.82. The second kappa shape index (κ2) is 5.23. The van der Waals surface area contributed by atoms with Crippen LogP contribution in [0.2, 0.25) is 0 Å². The van der Waals surface area contributed by atoms with Gasteiger partial charge in [0.1, 0.15) is 0 Å². The van der Waals surface area contributed by atoms with Crippen LogP contribution in [0.25, 0.3) is 0 Å². The van der Waals surface area contributed by atoms with Crippen LogP contribution in [0.5, 0.6) is 0 Å². The van der Waals surface area contributed by atoms with Gasteiger partial charge in [-0.05, 0) is 13.8 Å². The quantitative estimate of drug-likeness (QED) is 0.627. The molecule has 0 heterocycles. The van der Waals surface area contributed by atoms with Crippen molar-refractivity contribution in [2.75, 3.05) is 13.2 Å². The van der Waals surface area contributed by atoms with E-state index >= 15 is 0 Å². The van der Waals surface area contributed by atoms with Gasteiger partial charge < -0.3 is 10.1 Å². The standard InChI is InChI=1S/C7H15NO2/c1-4-10-5-6(2)8-7(3)9/h6H,4-5H2,1-3H3,(H,8,9)/t6-/m0/s1. The molecule has 0 aliphatic carbocycles. The van der Waals surface area contributed by atoms with Crippen LogP contribution in [0.15, 0.2) is 0 Å². The third-order valence-corrected chi connectivity index (χ3v) is 1.02. The Kier molecular flexibility index (Phi) is 4.94. The number of ether oxygens (including phenoxy) is 1. The molecule has 0 aliphatic heterocycles. The topological polar surface area (TPSA) is 38.3 Å². The summed E-state index contributed by atoms with van der Waals surface area (Å²) < 4.78 is 5.08. The van der Waals surface area contributed by atoms with Gasteiger partial charge in [-0.1, -0.05) is 0 Å². The molecule has 10 heavy (non-hydrogen) atoms. The maximum absolute atomic E-state index is 10.5. The average molecular weight is 145 g/mol. The SMILES string of the molecule is CCOC[C@H](C)NC(C)=O. The highest BCUT2D eigenvalue weighted by Gasteiger charge is 2.00. The number of carbonyl (C=O) groups is 1. The lowest BCUT2D eigenvalue weighted by atomic mass is 10.3. The van der Waals surface area contributed by atoms with Crippen molar-refractivity contribution < 1.29 is 9.53 Å². The zero-order valence-corrected chi connectivity index (χ0v) is 6.81. The first kappa shape index (κ1) is 9.43. The Bertz CT molecular complexity index is 104. The molecule has 0 bridgehead atoms. The van der Waals surface area contributed by atoms with Crippen LogP contribution in [-0.4, -0.2) is 25.2 Å². The number of amides is 1. The van der Waals surface area contributed by atoms with Gasteiger partial charge in [-0.25, -0.2) is 0 Å². The Morgan fingerprint density at radius 1 is 1.70 bits per heavy atom. The highest BCUT2D eigenvalue weighted by Crippen LogP contribution is 1.82. The minimum atomic E-state index is -0.00722. The monoisotopic (exact) mass is 145 g/mol. The van der Waals surface area contributed by atoms with Crippen molar-refractivity contribution in [3.8, 4) is 0 Å². The zero-order chi connectivity index (χ0) is 7.98. The van der Waals surface area contributed by atoms with Gasteiger partial charge in [0.05, 0.1) is 6.61 Å². The molecule has 60 valence electrons. The third-order valence-electron chi connectivity index (χ3n) is 1.02. The van der Waals surface area contributed by atoms with Gasteiger partial charge in [-0.2, -0.15) is 0 Å². The molecule has 0 spiro atoms. The molecule has 3 nitrogen and oxygen atoms in total. The number of hydrogen-bond donors (Lipinski definition) is 1. The molecule has 1 amide bonds. The summed E-state index contributed by atoms with van der Waals surface area (Å²) in [7, 11) is 0. The van der Waals surface area contributed by atoms with E-state index in [1.165, 1.54) is 6.92 Å². The number of hydrogen-bond acceptors (Lipinski definition) is 2. The molecule has 1 N–H and O–H groups in total. The molecule has 0 aromatic rings. The van der Waals surface area contributed by atoms with E-state index in [2.05, 4.69) is 5.32 Å². The third kappa shape index (κ3) is 5.56. The molecule has 0 aromatic carbocycles. The maximum Gasteiger partial charge on any atom is 0.217 e. The van der Waals surface area contributed by atoms with E-state index in [4.69, 9.17) is 4.74 Å². The van der Waals surface area contributed by atoms with Gasteiger partial charge in [0.2, 0.25) is 5.91 Å². The highest BCUT2D eigenvalue weighted by molar-refractivity contribution is 5.73. The highest BCUT2D eigenvalue weighted by atomic mass is 16.5. The van der Waals surface area contributed by atoms with Crippen molar-refractivity contribution in [2.45, 2.75) is 26.8 Å². The summed E-state index contributed by atoms with van der Waals surface area (Å²) in [4.78, 5) is 10.5. The lowest BCUT2D eigenvalue weighted by Gasteiger charge is -2.10. The predicted octanol–water partition coefficient (Wildman–Crippen LogP) is 0.547. The lowest BCUT2D eigenvalue weighted by Crippen LogP contribution is -2.34. The summed E-state index contributed by atoms with van der Waals surface area (Å²) in [6.45, 7) is 6.64. The molecule has 0 saturated carbocycles. The summed E-state index contributed by atoms with van der Waals surface area (Å²) in [5.41, 5.74) is 0. The molecule has 0 aliphatic rings. The molecular formula is C7H15NO2. The van der Waals surface area contributed by atoms with Gasteiger partial charge in [0.15, 0.2) is 0 Å². The fourth-order valence-electron chi connectivity index (χ4n) is 0.683. The first-order valence-electron chi connectivity index (χ1n) is 3.51. The van der Waals surface area contributed by atoms with Crippen molar-refractivity contribution >= 4 is 5.91 Å². The van der Waals surface area contributed by atoms with E-state index in [1.54, 1.807) is 0 Å². The molecule has 1 atom stereocenters. The molecule has 3 heteroatoms. The Labute approximate surface area is 61.8 Å². The molecule has 0 saturated heterocycles. The minimum Gasteiger partial charge on any atom is -0.380 e.